The van der Waals surface area contributed by atoms with E-state index in [4.69, 9.17) is 15.2 Å². The first-order valence-corrected chi connectivity index (χ1v) is 10.9. The number of benzene rings is 1. The molecule has 150 valence electrons. The smallest absolute Gasteiger partial charge is 0.161 e. The molecule has 3 aliphatic rings. The molecule has 4 rings (SSSR count). The van der Waals surface area contributed by atoms with E-state index in [1.165, 1.54) is 62.6 Å². The maximum atomic E-state index is 6.70. The Morgan fingerprint density at radius 1 is 1.07 bits per heavy atom. The van der Waals surface area contributed by atoms with Gasteiger partial charge in [-0.15, -0.1) is 0 Å². The largest absolute Gasteiger partial charge is 0.493 e. The van der Waals surface area contributed by atoms with Crippen molar-refractivity contribution in [2.45, 2.75) is 82.3 Å². The molecule has 0 bridgehead atoms. The monoisotopic (exact) mass is 372 g/mol. The molecule has 0 aromatic heterocycles. The number of hydrogen-bond donors (Lipinski definition) is 1. The zero-order valence-corrected chi connectivity index (χ0v) is 17.2. The zero-order valence-electron chi connectivity index (χ0n) is 17.2. The van der Waals surface area contributed by atoms with Crippen LogP contribution in [0.25, 0.3) is 0 Å². The molecular formula is C23H36N2O2. The second kappa shape index (κ2) is 8.00. The van der Waals surface area contributed by atoms with E-state index in [1.54, 1.807) is 14.2 Å². The van der Waals surface area contributed by atoms with Gasteiger partial charge in [0.05, 0.1) is 14.2 Å². The fourth-order valence-corrected chi connectivity index (χ4v) is 5.95. The molecule has 2 fully saturated rings. The van der Waals surface area contributed by atoms with Crippen molar-refractivity contribution in [2.24, 2.45) is 11.7 Å². The highest BCUT2D eigenvalue weighted by Gasteiger charge is 2.46. The summed E-state index contributed by atoms with van der Waals surface area (Å²) in [5.41, 5.74) is 9.64. The molecular weight excluding hydrogens is 336 g/mol. The van der Waals surface area contributed by atoms with Crippen molar-refractivity contribution in [3.63, 3.8) is 0 Å². The highest BCUT2D eigenvalue weighted by molar-refractivity contribution is 5.51. The van der Waals surface area contributed by atoms with Gasteiger partial charge < -0.3 is 15.2 Å². The van der Waals surface area contributed by atoms with E-state index >= 15 is 0 Å². The van der Waals surface area contributed by atoms with Crippen LogP contribution in [0.15, 0.2) is 12.1 Å². The Balaban J connectivity index is 1.73. The Morgan fingerprint density at radius 3 is 2.48 bits per heavy atom. The number of hydrogen-bond acceptors (Lipinski definition) is 4. The lowest BCUT2D eigenvalue weighted by atomic mass is 9.69. The summed E-state index contributed by atoms with van der Waals surface area (Å²) in [7, 11) is 3.48. The SMILES string of the molecule is CCCC[C@@H]1CN2[C@@H](C[C@@H]1N)c1cc(OC)c(OC)cc1[C@@H]1CCCC[C@@H]12. The summed E-state index contributed by atoms with van der Waals surface area (Å²) >= 11 is 0. The first kappa shape index (κ1) is 19.1. The minimum Gasteiger partial charge on any atom is -0.493 e. The van der Waals surface area contributed by atoms with E-state index in [-0.39, 0.29) is 0 Å². The molecule has 0 radical (unpaired) electrons. The summed E-state index contributed by atoms with van der Waals surface area (Å²) in [6.07, 6.45) is 10.2. The van der Waals surface area contributed by atoms with Crippen molar-refractivity contribution < 1.29 is 9.47 Å². The maximum Gasteiger partial charge on any atom is 0.161 e. The van der Waals surface area contributed by atoms with Crippen LogP contribution in [0.4, 0.5) is 0 Å². The second-order valence-corrected chi connectivity index (χ2v) is 8.81. The Labute approximate surface area is 164 Å². The lowest BCUT2D eigenvalue weighted by molar-refractivity contribution is 0.00839. The normalized spacial score (nSPS) is 33.0. The Morgan fingerprint density at radius 2 is 1.78 bits per heavy atom. The van der Waals surface area contributed by atoms with Crippen LogP contribution in [0.2, 0.25) is 0 Å². The Kier molecular flexibility index (Phi) is 5.65. The predicted molar refractivity (Wildman–Crippen MR) is 110 cm³/mol. The van der Waals surface area contributed by atoms with Crippen LogP contribution in [0, 0.1) is 5.92 Å². The third-order valence-corrected chi connectivity index (χ3v) is 7.38. The number of nitrogens with zero attached hydrogens (tertiary/aromatic N) is 1. The summed E-state index contributed by atoms with van der Waals surface area (Å²) < 4.78 is 11.3. The molecule has 0 amide bonds. The highest BCUT2D eigenvalue weighted by Crippen LogP contribution is 2.52. The molecule has 2 aliphatic heterocycles. The van der Waals surface area contributed by atoms with Gasteiger partial charge in [0.2, 0.25) is 0 Å². The van der Waals surface area contributed by atoms with E-state index in [9.17, 15) is 0 Å². The van der Waals surface area contributed by atoms with E-state index < -0.39 is 0 Å². The molecule has 0 spiro atoms. The van der Waals surface area contributed by atoms with Gasteiger partial charge >= 0.3 is 0 Å². The van der Waals surface area contributed by atoms with Crippen molar-refractivity contribution in [3.8, 4) is 11.5 Å². The van der Waals surface area contributed by atoms with Crippen LogP contribution in [-0.4, -0.2) is 37.7 Å². The van der Waals surface area contributed by atoms with Crippen molar-refractivity contribution in [1.82, 2.24) is 4.90 Å². The van der Waals surface area contributed by atoms with Gasteiger partial charge in [-0.25, -0.2) is 0 Å². The van der Waals surface area contributed by atoms with E-state index in [0.717, 1.165) is 17.9 Å². The van der Waals surface area contributed by atoms with E-state index in [1.807, 2.05) is 0 Å². The standard InChI is InChI=1S/C23H36N2O2/c1-4-5-8-15-14-25-20-10-7-6-9-16(20)17-11-22(26-2)23(27-3)12-18(17)21(25)13-19(15)24/h11-12,15-16,19-21H,4-10,13-14,24H2,1-3H3/t15-,16+,19+,20+,21+/m1/s1. The molecule has 4 nitrogen and oxygen atoms in total. The van der Waals surface area contributed by atoms with Gasteiger partial charge in [0.1, 0.15) is 0 Å². The van der Waals surface area contributed by atoms with Crippen LogP contribution in [0.5, 0.6) is 11.5 Å². The molecule has 1 aromatic carbocycles. The number of nitrogens with two attached hydrogens (primary N) is 1. The fraction of sp³-hybridized carbons (Fsp3) is 0.739. The molecule has 0 unspecified atom stereocenters. The van der Waals surface area contributed by atoms with Crippen LogP contribution in [0.3, 0.4) is 0 Å². The van der Waals surface area contributed by atoms with Crippen LogP contribution < -0.4 is 15.2 Å². The molecule has 4 heteroatoms. The average Bonchev–Trinajstić information content (AvgIpc) is 2.71. The molecule has 1 aliphatic carbocycles. The van der Waals surface area contributed by atoms with Gasteiger partial charge in [-0.05, 0) is 60.8 Å². The summed E-state index contributed by atoms with van der Waals surface area (Å²) in [5.74, 6) is 3.00. The highest BCUT2D eigenvalue weighted by atomic mass is 16.5. The Bertz CT molecular complexity index is 662. The first-order valence-electron chi connectivity index (χ1n) is 10.9. The van der Waals surface area contributed by atoms with Gasteiger partial charge in [0.15, 0.2) is 11.5 Å². The minimum absolute atomic E-state index is 0.305. The lowest BCUT2D eigenvalue weighted by Gasteiger charge is -2.54. The van der Waals surface area contributed by atoms with E-state index in [2.05, 4.69) is 24.0 Å². The predicted octanol–water partition coefficient (Wildman–Crippen LogP) is 4.62. The van der Waals surface area contributed by atoms with Crippen LogP contribution in [0.1, 0.15) is 81.4 Å². The summed E-state index contributed by atoms with van der Waals surface area (Å²) in [4.78, 5) is 2.84. The molecule has 2 N–H and O–H groups in total. The van der Waals surface area contributed by atoms with Crippen molar-refractivity contribution in [2.75, 3.05) is 20.8 Å². The number of ether oxygens (including phenoxy) is 2. The molecule has 1 aromatic rings. The van der Waals surface area contributed by atoms with Crippen molar-refractivity contribution >= 4 is 0 Å². The summed E-state index contributed by atoms with van der Waals surface area (Å²) in [5, 5.41) is 0. The molecule has 1 saturated heterocycles. The minimum atomic E-state index is 0.305. The number of unbranched alkanes of at least 4 members (excludes halogenated alkanes) is 1. The van der Waals surface area contributed by atoms with Gasteiger partial charge in [0, 0.05) is 24.7 Å². The topological polar surface area (TPSA) is 47.7 Å². The summed E-state index contributed by atoms with van der Waals surface area (Å²) in [6.45, 7) is 3.45. The number of fused-ring (bicyclic) bond motifs is 6. The van der Waals surface area contributed by atoms with Gasteiger partial charge in [-0.2, -0.15) is 0 Å². The van der Waals surface area contributed by atoms with Gasteiger partial charge in [0.25, 0.3) is 0 Å². The van der Waals surface area contributed by atoms with E-state index in [0.29, 0.717) is 30.0 Å². The third-order valence-electron chi connectivity index (χ3n) is 7.38. The molecule has 1 saturated carbocycles. The van der Waals surface area contributed by atoms with Gasteiger partial charge in [-0.3, -0.25) is 4.90 Å². The average molecular weight is 373 g/mol. The number of piperidine rings is 1. The fourth-order valence-electron chi connectivity index (χ4n) is 5.95. The van der Waals surface area contributed by atoms with Crippen molar-refractivity contribution in [3.05, 3.63) is 23.3 Å². The summed E-state index contributed by atoms with van der Waals surface area (Å²) in [6, 6.07) is 5.93. The molecule has 27 heavy (non-hydrogen) atoms. The second-order valence-electron chi connectivity index (χ2n) is 8.81. The van der Waals surface area contributed by atoms with Crippen LogP contribution >= 0.6 is 0 Å². The maximum absolute atomic E-state index is 6.70. The third kappa shape index (κ3) is 3.36. The van der Waals surface area contributed by atoms with Crippen molar-refractivity contribution in [1.29, 1.82) is 0 Å². The Hall–Kier alpha value is -1.26. The first-order chi connectivity index (χ1) is 13.2. The molecule has 2 heterocycles. The quantitative estimate of drug-likeness (QED) is 0.819. The number of methoxy groups -OCH3 is 2. The zero-order chi connectivity index (χ0) is 19.0. The molecule has 5 atom stereocenters. The lowest BCUT2D eigenvalue weighted by Crippen LogP contribution is -2.56. The van der Waals surface area contributed by atoms with Gasteiger partial charge in [-0.1, -0.05) is 32.6 Å². The van der Waals surface area contributed by atoms with Crippen LogP contribution in [-0.2, 0) is 0 Å². The number of rotatable bonds is 5.